The predicted molar refractivity (Wildman–Crippen MR) is 170 cm³/mol. The topological polar surface area (TPSA) is 103 Å². The van der Waals surface area contributed by atoms with E-state index in [-0.39, 0.29) is 35.7 Å². The Hall–Kier alpha value is -4.56. The first-order chi connectivity index (χ1) is 21.0. The number of nitrogens with one attached hydrogen (secondary N) is 1. The van der Waals surface area contributed by atoms with Crippen LogP contribution in [0.2, 0.25) is 0 Å². The highest BCUT2D eigenvalue weighted by Crippen LogP contribution is 2.39. The van der Waals surface area contributed by atoms with Crippen molar-refractivity contribution >= 4 is 11.7 Å². The van der Waals surface area contributed by atoms with Crippen LogP contribution in [0.25, 0.3) is 11.1 Å². The second-order valence-electron chi connectivity index (χ2n) is 11.8. The number of oxime groups is 1. The summed E-state index contributed by atoms with van der Waals surface area (Å²) in [5, 5.41) is 7.04. The van der Waals surface area contributed by atoms with Crippen LogP contribution in [-0.2, 0) is 17.8 Å². The van der Waals surface area contributed by atoms with Gasteiger partial charge in [0, 0.05) is 41.3 Å². The van der Waals surface area contributed by atoms with Crippen LogP contribution in [-0.4, -0.2) is 23.9 Å². The Kier molecular flexibility index (Phi) is 9.11. The van der Waals surface area contributed by atoms with Gasteiger partial charge in [-0.1, -0.05) is 74.5 Å². The highest BCUT2D eigenvalue weighted by atomic mass is 19.1. The summed E-state index contributed by atoms with van der Waals surface area (Å²) in [6, 6.07) is 22.6. The van der Waals surface area contributed by atoms with E-state index >= 15 is 0 Å². The van der Waals surface area contributed by atoms with Gasteiger partial charge in [-0.3, -0.25) is 4.79 Å². The number of rotatable bonds is 9. The van der Waals surface area contributed by atoms with Crippen molar-refractivity contribution in [3.63, 3.8) is 0 Å². The van der Waals surface area contributed by atoms with Crippen molar-refractivity contribution in [1.29, 1.82) is 0 Å². The van der Waals surface area contributed by atoms with Crippen molar-refractivity contribution in [1.82, 2.24) is 5.32 Å². The van der Waals surface area contributed by atoms with Crippen molar-refractivity contribution in [2.75, 3.05) is 0 Å². The van der Waals surface area contributed by atoms with E-state index in [1.165, 1.54) is 12.1 Å². The monoisotopic (exact) mass is 596 g/mol. The van der Waals surface area contributed by atoms with Gasteiger partial charge in [-0.2, -0.15) is 0 Å². The molecule has 1 aliphatic carbocycles. The number of carbonyl (C=O) groups excluding carboxylic acids is 1. The third kappa shape index (κ3) is 6.65. The van der Waals surface area contributed by atoms with E-state index in [1.807, 2.05) is 81.4 Å². The Labute approximate surface area is 257 Å². The summed E-state index contributed by atoms with van der Waals surface area (Å²) < 4.78 is 28.0. The Morgan fingerprint density at radius 3 is 2.27 bits per heavy atom. The van der Waals surface area contributed by atoms with E-state index in [0.717, 1.165) is 40.3 Å². The molecule has 1 amide bonds. The molecule has 0 radical (unpaired) electrons. The van der Waals surface area contributed by atoms with Crippen molar-refractivity contribution in [3.8, 4) is 11.1 Å². The third-order valence-electron chi connectivity index (χ3n) is 8.44. The molecular formula is C36H38F2N4O2. The molecule has 0 saturated carbocycles. The van der Waals surface area contributed by atoms with E-state index in [4.69, 9.17) is 16.3 Å². The van der Waals surface area contributed by atoms with Gasteiger partial charge in [0.05, 0.1) is 0 Å². The van der Waals surface area contributed by atoms with Crippen molar-refractivity contribution in [2.24, 2.45) is 22.5 Å². The van der Waals surface area contributed by atoms with Crippen LogP contribution in [0.5, 0.6) is 0 Å². The predicted octanol–water partition coefficient (Wildman–Crippen LogP) is 6.63. The molecule has 0 aliphatic heterocycles. The smallest absolute Gasteiger partial charge is 0.251 e. The van der Waals surface area contributed by atoms with Gasteiger partial charge in [-0.25, -0.2) is 8.78 Å². The molecule has 5 N–H and O–H groups in total. The van der Waals surface area contributed by atoms with E-state index in [1.54, 1.807) is 0 Å². The minimum absolute atomic E-state index is 0.00213. The lowest BCUT2D eigenvalue weighted by Crippen LogP contribution is -2.38. The van der Waals surface area contributed by atoms with Gasteiger partial charge >= 0.3 is 0 Å². The fourth-order valence-electron chi connectivity index (χ4n) is 5.61. The Morgan fingerprint density at radius 2 is 1.59 bits per heavy atom. The van der Waals surface area contributed by atoms with E-state index in [2.05, 4.69) is 17.4 Å². The fourth-order valence-corrected chi connectivity index (χ4v) is 5.61. The van der Waals surface area contributed by atoms with E-state index in [9.17, 15) is 13.6 Å². The maximum atomic E-state index is 14.5. The Morgan fingerprint density at radius 1 is 0.932 bits per heavy atom. The average molecular weight is 597 g/mol. The van der Waals surface area contributed by atoms with Crippen LogP contribution in [0.15, 0.2) is 84.0 Å². The van der Waals surface area contributed by atoms with Crippen LogP contribution in [0, 0.1) is 17.6 Å². The molecule has 3 atom stereocenters. The number of hydrogen-bond acceptors (Lipinski definition) is 4. The average Bonchev–Trinajstić information content (AvgIpc) is 3.02. The first kappa shape index (κ1) is 30.9. The Balaban J connectivity index is 1.24. The van der Waals surface area contributed by atoms with Gasteiger partial charge in [-0.05, 0) is 76.9 Å². The number of nitrogens with zero attached hydrogens (tertiary/aromatic N) is 1. The summed E-state index contributed by atoms with van der Waals surface area (Å²) in [5.41, 5.74) is 19.9. The molecule has 4 aromatic rings. The second kappa shape index (κ2) is 13.0. The lowest BCUT2D eigenvalue weighted by Gasteiger charge is -2.27. The van der Waals surface area contributed by atoms with Crippen LogP contribution < -0.4 is 16.8 Å². The molecule has 8 heteroatoms. The maximum Gasteiger partial charge on any atom is 0.251 e. The molecule has 1 unspecified atom stereocenters. The quantitative estimate of drug-likeness (QED) is 0.115. The zero-order chi connectivity index (χ0) is 31.5. The first-order valence-electron chi connectivity index (χ1n) is 14.8. The van der Waals surface area contributed by atoms with Crippen molar-refractivity contribution in [2.45, 2.75) is 58.7 Å². The summed E-state index contributed by atoms with van der Waals surface area (Å²) in [6.45, 7) is 8.35. The summed E-state index contributed by atoms with van der Waals surface area (Å²) in [5.74, 6) is -0.869. The highest BCUT2D eigenvalue weighted by Gasteiger charge is 2.24. The summed E-state index contributed by atoms with van der Waals surface area (Å²) in [4.78, 5) is 18.6. The minimum atomic E-state index is -0.605. The molecule has 0 heterocycles. The molecule has 0 bridgehead atoms. The fraction of sp³-hybridized carbons (Fsp3) is 0.278. The number of fused-ring (bicyclic) bond motifs is 2. The van der Waals surface area contributed by atoms with Gasteiger partial charge in [0.1, 0.15) is 17.7 Å². The van der Waals surface area contributed by atoms with Gasteiger partial charge < -0.3 is 21.6 Å². The van der Waals surface area contributed by atoms with Gasteiger partial charge in [-0.15, -0.1) is 0 Å². The standard InChI is InChI=1S/C36H38F2N4O2/c1-20(2)34(39)22(4)44-42-35(40)24-7-5-23(6-8-24)19-41-36(43)28-12-11-26-15-25-9-10-27(16-31(25)21(3)32(26)17-28)30-14-13-29(37)18-33(30)38/h5-14,16-18,20-22,34H,15,19,39H2,1-4H3,(H2,40,42)(H,41,43)/t21-,22?,34+/m1/s1. The SMILES string of the molecule is CC(C)[C@H](N)C(C)ON=C(N)c1ccc(CNC(=O)c2ccc3c(c2)[C@H](C)c2cc(-c4ccc(F)cc4F)ccc2C3)cc1. The number of benzene rings is 4. The van der Waals surface area contributed by atoms with Gasteiger partial charge in [0.25, 0.3) is 5.91 Å². The van der Waals surface area contributed by atoms with Crippen LogP contribution >= 0.6 is 0 Å². The molecular weight excluding hydrogens is 558 g/mol. The molecule has 1 aliphatic rings. The van der Waals surface area contributed by atoms with Crippen LogP contribution in [0.4, 0.5) is 8.78 Å². The lowest BCUT2D eigenvalue weighted by atomic mass is 9.77. The molecule has 44 heavy (non-hydrogen) atoms. The molecule has 0 saturated heterocycles. The van der Waals surface area contributed by atoms with Gasteiger partial charge in [0.2, 0.25) is 0 Å². The van der Waals surface area contributed by atoms with Crippen molar-refractivity contribution < 1.29 is 18.4 Å². The van der Waals surface area contributed by atoms with E-state index < -0.39 is 11.6 Å². The number of halogens is 2. The largest absolute Gasteiger partial charge is 0.389 e. The third-order valence-corrected chi connectivity index (χ3v) is 8.44. The zero-order valence-corrected chi connectivity index (χ0v) is 25.4. The highest BCUT2D eigenvalue weighted by molar-refractivity contribution is 5.97. The summed E-state index contributed by atoms with van der Waals surface area (Å²) in [7, 11) is 0. The number of carbonyl (C=O) groups is 1. The number of nitrogens with two attached hydrogens (primary N) is 2. The van der Waals surface area contributed by atoms with Gasteiger partial charge in [0.15, 0.2) is 5.84 Å². The van der Waals surface area contributed by atoms with E-state index in [0.29, 0.717) is 28.8 Å². The molecule has 228 valence electrons. The molecule has 4 aromatic carbocycles. The number of amides is 1. The molecule has 0 aromatic heterocycles. The summed E-state index contributed by atoms with van der Waals surface area (Å²) in [6.07, 6.45) is 0.448. The lowest BCUT2D eigenvalue weighted by molar-refractivity contribution is 0.0424. The van der Waals surface area contributed by atoms with Crippen molar-refractivity contribution in [3.05, 3.63) is 129 Å². The van der Waals surface area contributed by atoms with Crippen LogP contribution in [0.1, 0.15) is 77.4 Å². The molecule has 0 spiro atoms. The molecule has 0 fully saturated rings. The number of hydrogen-bond donors (Lipinski definition) is 3. The minimum Gasteiger partial charge on any atom is -0.389 e. The Bertz CT molecular complexity index is 1700. The second-order valence-corrected chi connectivity index (χ2v) is 11.8. The summed E-state index contributed by atoms with van der Waals surface area (Å²) >= 11 is 0. The number of amidine groups is 1. The zero-order valence-electron chi connectivity index (χ0n) is 25.4. The molecule has 5 rings (SSSR count). The normalized spacial score (nSPS) is 15.7. The molecule has 6 nitrogen and oxygen atoms in total. The maximum absolute atomic E-state index is 14.5. The van der Waals surface area contributed by atoms with Crippen LogP contribution in [0.3, 0.4) is 0 Å². The first-order valence-corrected chi connectivity index (χ1v) is 14.8.